The molecule has 2 aliphatic rings. The van der Waals surface area contributed by atoms with Gasteiger partial charge in [0.05, 0.1) is 6.61 Å². The van der Waals surface area contributed by atoms with Gasteiger partial charge in [0, 0.05) is 13.5 Å². The molecule has 2 aliphatic heterocycles. The second-order valence-electron chi connectivity index (χ2n) is 4.10. The van der Waals surface area contributed by atoms with E-state index >= 15 is 0 Å². The molecule has 0 aliphatic carbocycles. The van der Waals surface area contributed by atoms with E-state index in [2.05, 4.69) is 5.32 Å². The van der Waals surface area contributed by atoms with Crippen LogP contribution < -0.4 is 5.32 Å². The predicted octanol–water partition coefficient (Wildman–Crippen LogP) is -1.57. The molecule has 1 amide bonds. The predicted molar refractivity (Wildman–Crippen MR) is 58.6 cm³/mol. The number of rotatable bonds is 3. The molecule has 108 valence electrons. The molecule has 8 nitrogen and oxygen atoms in total. The lowest BCUT2D eigenvalue weighted by molar-refractivity contribution is -0.199. The smallest absolute Gasteiger partial charge is 0.373 e. The van der Waals surface area contributed by atoms with Crippen LogP contribution in [0, 0.1) is 0 Å². The van der Waals surface area contributed by atoms with Crippen molar-refractivity contribution in [3.8, 4) is 0 Å². The molecule has 0 radical (unpaired) electrons. The Kier molecular flexibility index (Phi) is 6.07. The van der Waals surface area contributed by atoms with Gasteiger partial charge in [-0.25, -0.2) is 0 Å². The summed E-state index contributed by atoms with van der Waals surface area (Å²) in [6.07, 6.45) is -1.86. The van der Waals surface area contributed by atoms with Crippen molar-refractivity contribution in [1.29, 1.82) is 0 Å². The lowest BCUT2D eigenvalue weighted by Gasteiger charge is -2.38. The van der Waals surface area contributed by atoms with Crippen LogP contribution in [0.4, 0.5) is 0 Å². The monoisotopic (exact) mass is 275 g/mol. The van der Waals surface area contributed by atoms with Crippen LogP contribution in [0.5, 0.6) is 0 Å². The first-order chi connectivity index (χ1) is 9.04. The highest BCUT2D eigenvalue weighted by Gasteiger charge is 2.50. The molecule has 5 atom stereocenters. The van der Waals surface area contributed by atoms with Crippen LogP contribution >= 0.6 is 0 Å². The number of amides is 1. The van der Waals surface area contributed by atoms with Crippen molar-refractivity contribution in [2.24, 2.45) is 0 Å². The van der Waals surface area contributed by atoms with Crippen LogP contribution in [0.1, 0.15) is 13.8 Å². The first-order valence-corrected chi connectivity index (χ1v) is 5.88. The molecule has 2 N–H and O–H groups in total. The summed E-state index contributed by atoms with van der Waals surface area (Å²) in [5.41, 5.74) is 0. The van der Waals surface area contributed by atoms with E-state index in [-0.39, 0.29) is 18.2 Å². The molecule has 0 spiro atoms. The fraction of sp³-hybridized carbons (Fsp3) is 0.818. The second-order valence-corrected chi connectivity index (χ2v) is 4.10. The summed E-state index contributed by atoms with van der Waals surface area (Å²) in [6, 6.07) is -0.453. The first kappa shape index (κ1) is 15.7. The molecular weight excluding hydrogens is 258 g/mol. The van der Waals surface area contributed by atoms with Gasteiger partial charge in [0.15, 0.2) is 6.29 Å². The molecule has 0 saturated carbocycles. The standard InChI is InChI=1S/C10H17NO5.CO2/c1-3-14-9-7(11-5(2)12)10-15-4-6(16-10)8(9)13;2-1-3/h6-10,13H,3-4H2,1-2H3,(H,11,12);/t6?,7?,8-,9+,10-;/m1./s1. The van der Waals surface area contributed by atoms with E-state index in [1.54, 1.807) is 0 Å². The van der Waals surface area contributed by atoms with Gasteiger partial charge in [0.1, 0.15) is 24.4 Å². The minimum Gasteiger partial charge on any atom is -0.388 e. The maximum atomic E-state index is 11.1. The van der Waals surface area contributed by atoms with Crippen LogP contribution in [-0.2, 0) is 28.6 Å². The van der Waals surface area contributed by atoms with Crippen molar-refractivity contribution in [1.82, 2.24) is 5.32 Å². The number of nitrogens with one attached hydrogen (secondary N) is 1. The zero-order valence-corrected chi connectivity index (χ0v) is 10.7. The van der Waals surface area contributed by atoms with Gasteiger partial charge in [-0.2, -0.15) is 9.59 Å². The molecule has 2 unspecified atom stereocenters. The van der Waals surface area contributed by atoms with E-state index in [4.69, 9.17) is 23.8 Å². The van der Waals surface area contributed by atoms with Crippen LogP contribution in [0.25, 0.3) is 0 Å². The van der Waals surface area contributed by atoms with Gasteiger partial charge in [0.25, 0.3) is 0 Å². The van der Waals surface area contributed by atoms with Gasteiger partial charge >= 0.3 is 6.15 Å². The quantitative estimate of drug-likeness (QED) is 0.640. The third-order valence-electron chi connectivity index (χ3n) is 2.83. The molecular formula is C11H17NO7. The second kappa shape index (κ2) is 7.32. The largest absolute Gasteiger partial charge is 0.388 e. The number of aliphatic hydroxyl groups excluding tert-OH is 1. The number of carbonyl (C=O) groups excluding carboxylic acids is 3. The Hall–Kier alpha value is -1.31. The molecule has 2 fully saturated rings. The van der Waals surface area contributed by atoms with E-state index in [1.807, 2.05) is 6.92 Å². The average molecular weight is 275 g/mol. The third kappa shape index (κ3) is 3.82. The maximum absolute atomic E-state index is 11.1. The number of carbonyl (C=O) groups is 1. The Morgan fingerprint density at radius 2 is 2.16 bits per heavy atom. The molecule has 0 aromatic rings. The topological polar surface area (TPSA) is 111 Å². The minimum absolute atomic E-state index is 0.195. The van der Waals surface area contributed by atoms with Gasteiger partial charge < -0.3 is 24.6 Å². The van der Waals surface area contributed by atoms with Crippen molar-refractivity contribution in [3.63, 3.8) is 0 Å². The number of fused-ring (bicyclic) bond motifs is 2. The van der Waals surface area contributed by atoms with Crippen molar-refractivity contribution in [3.05, 3.63) is 0 Å². The molecule has 19 heavy (non-hydrogen) atoms. The molecule has 0 aromatic carbocycles. The molecule has 0 aromatic heterocycles. The summed E-state index contributed by atoms with van der Waals surface area (Å²) in [7, 11) is 0. The number of hydrogen-bond acceptors (Lipinski definition) is 7. The van der Waals surface area contributed by atoms with Gasteiger partial charge in [-0.1, -0.05) is 0 Å². The van der Waals surface area contributed by atoms with Gasteiger partial charge in [-0.05, 0) is 6.92 Å². The molecule has 8 heteroatoms. The fourth-order valence-electron chi connectivity index (χ4n) is 2.17. The maximum Gasteiger partial charge on any atom is 0.373 e. The Morgan fingerprint density at radius 1 is 1.53 bits per heavy atom. The van der Waals surface area contributed by atoms with Crippen molar-refractivity contribution >= 4 is 12.1 Å². The van der Waals surface area contributed by atoms with Crippen LogP contribution in [-0.4, -0.2) is 61.0 Å². The summed E-state index contributed by atoms with van der Waals surface area (Å²) < 4.78 is 16.3. The third-order valence-corrected chi connectivity index (χ3v) is 2.83. The van der Waals surface area contributed by atoms with Gasteiger partial charge in [0.2, 0.25) is 5.91 Å². The lowest BCUT2D eigenvalue weighted by atomic mass is 9.98. The normalized spacial score (nSPS) is 35.8. The Labute approximate surface area is 110 Å². The lowest BCUT2D eigenvalue weighted by Crippen LogP contribution is -2.61. The number of ether oxygens (including phenoxy) is 3. The summed E-state index contributed by atoms with van der Waals surface area (Å²) in [5, 5.41) is 12.7. The van der Waals surface area contributed by atoms with Crippen LogP contribution in [0.15, 0.2) is 0 Å². The molecule has 2 bridgehead atoms. The van der Waals surface area contributed by atoms with Crippen molar-refractivity contribution in [2.75, 3.05) is 13.2 Å². The van der Waals surface area contributed by atoms with E-state index in [9.17, 15) is 9.90 Å². The van der Waals surface area contributed by atoms with E-state index in [0.717, 1.165) is 0 Å². The Balaban J connectivity index is 0.000000550. The summed E-state index contributed by atoms with van der Waals surface area (Å²) in [4.78, 5) is 27.3. The highest BCUT2D eigenvalue weighted by molar-refractivity contribution is 5.73. The van der Waals surface area contributed by atoms with E-state index in [1.165, 1.54) is 6.92 Å². The van der Waals surface area contributed by atoms with Gasteiger partial charge in [-0.3, -0.25) is 4.79 Å². The summed E-state index contributed by atoms with van der Waals surface area (Å²) >= 11 is 0. The zero-order chi connectivity index (χ0) is 14.4. The molecule has 2 rings (SSSR count). The molecule has 2 heterocycles. The minimum atomic E-state index is -0.768. The highest BCUT2D eigenvalue weighted by atomic mass is 16.7. The number of hydrogen-bond donors (Lipinski definition) is 2. The highest BCUT2D eigenvalue weighted by Crippen LogP contribution is 2.29. The Bertz CT molecular complexity index is 342. The summed E-state index contributed by atoms with van der Waals surface area (Å²) in [6.45, 7) is 4.06. The average Bonchev–Trinajstić information content (AvgIpc) is 2.78. The van der Waals surface area contributed by atoms with Crippen LogP contribution in [0.2, 0.25) is 0 Å². The SMILES string of the molecule is CCO[C@H]1C(NC(C)=O)[C@@H]2OCC(O2)[C@H]1O.O=C=O. The molecule has 2 saturated heterocycles. The van der Waals surface area contributed by atoms with Crippen molar-refractivity contribution in [2.45, 2.75) is 44.5 Å². The Morgan fingerprint density at radius 3 is 2.68 bits per heavy atom. The van der Waals surface area contributed by atoms with E-state index in [0.29, 0.717) is 13.2 Å². The first-order valence-electron chi connectivity index (χ1n) is 5.88. The van der Waals surface area contributed by atoms with Crippen LogP contribution in [0.3, 0.4) is 0 Å². The fourth-order valence-corrected chi connectivity index (χ4v) is 2.17. The zero-order valence-electron chi connectivity index (χ0n) is 10.7. The number of aliphatic hydroxyl groups is 1. The van der Waals surface area contributed by atoms with E-state index < -0.39 is 24.5 Å². The summed E-state index contributed by atoms with van der Waals surface area (Å²) in [5.74, 6) is -0.195. The van der Waals surface area contributed by atoms with Gasteiger partial charge in [-0.15, -0.1) is 0 Å². The van der Waals surface area contributed by atoms with Crippen molar-refractivity contribution < 1.29 is 33.7 Å².